The minimum Gasteiger partial charge on any atom is -0.756 e. The quantitative estimate of drug-likeness (QED) is 0.0195. The Hall–Kier alpha value is -3.85. The van der Waals surface area contributed by atoms with Crippen LogP contribution in [-0.2, 0) is 32.7 Å². The van der Waals surface area contributed by atoms with Crippen molar-refractivity contribution in [3.63, 3.8) is 0 Å². The fourth-order valence-electron chi connectivity index (χ4n) is 11.8. The number of nitrogens with zero attached hydrogens (tertiary/aromatic N) is 1. The number of rotatable bonds is 77. The molecule has 0 aromatic heterocycles. The van der Waals surface area contributed by atoms with Gasteiger partial charge in [0.05, 0.1) is 27.7 Å². The maximum absolute atomic E-state index is 12.9. The van der Waals surface area contributed by atoms with Crippen molar-refractivity contribution in [2.45, 2.75) is 380 Å². The number of phosphoric ester groups is 1. The summed E-state index contributed by atoms with van der Waals surface area (Å²) in [5.41, 5.74) is 0. The minimum absolute atomic E-state index is 0.0338. The van der Waals surface area contributed by atoms with E-state index in [-0.39, 0.29) is 32.0 Å². The fourth-order valence-corrected chi connectivity index (χ4v) is 12.5. The smallest absolute Gasteiger partial charge is 0.306 e. The lowest BCUT2D eigenvalue weighted by atomic mass is 10.0. The number of quaternary nitrogens is 1. The highest BCUT2D eigenvalue weighted by molar-refractivity contribution is 7.45. The van der Waals surface area contributed by atoms with E-state index in [9.17, 15) is 19.0 Å². The van der Waals surface area contributed by atoms with Gasteiger partial charge in [0.2, 0.25) is 0 Å². The molecule has 0 heterocycles. The molecule has 0 aliphatic carbocycles. The number of ether oxygens (including phenoxy) is 2. The van der Waals surface area contributed by atoms with Crippen molar-refractivity contribution in [3.05, 3.63) is 134 Å². The Morgan fingerprint density at radius 3 is 0.850 bits per heavy atom. The van der Waals surface area contributed by atoms with E-state index in [0.29, 0.717) is 17.4 Å². The number of esters is 2. The third kappa shape index (κ3) is 83.1. The number of hydrogen-bond donors (Lipinski definition) is 0. The number of carbonyl (C=O) groups excluding carboxylic acids is 2. The Morgan fingerprint density at radius 2 is 0.570 bits per heavy atom. The Balaban J connectivity index is 3.97. The number of likely N-dealkylation sites (N-methyl/N-ethyl adjacent to an activating group) is 1. The second-order valence-electron chi connectivity index (χ2n) is 29.1. The first-order valence-corrected chi connectivity index (χ1v) is 43.4. The average Bonchev–Trinajstić information content (AvgIpc) is 1.30. The van der Waals surface area contributed by atoms with Gasteiger partial charge in [0.15, 0.2) is 6.10 Å². The summed E-state index contributed by atoms with van der Waals surface area (Å²) < 4.78 is 34.4. The monoisotopic (exact) mass is 1410 g/mol. The van der Waals surface area contributed by atoms with Gasteiger partial charge in [-0.05, 0) is 116 Å². The Kier molecular flexibility index (Phi) is 76.2. The van der Waals surface area contributed by atoms with E-state index < -0.39 is 26.5 Å². The molecule has 0 aliphatic rings. The van der Waals surface area contributed by atoms with Crippen LogP contribution < -0.4 is 4.89 Å². The standard InChI is InChI=1S/C90H158NO8P/c1-6-8-10-12-14-16-18-20-22-24-26-28-30-32-34-36-38-40-42-43-44-45-46-47-49-51-53-55-57-59-61-63-65-67-69-71-73-75-77-79-81-83-90(93)99-88(87-98-100(94,95)97-85-84-91(3,4)5)86-96-89(92)82-80-78-76-74-72-70-68-66-64-62-60-58-56-54-52-50-48-41-39-37-35-33-31-29-27-25-23-21-19-17-15-13-11-9-7-2/h8,10,14,16,19-22,25-28,32,34,38,40,43-44,46-47,51,53,88H,6-7,9,11-13,15,17-18,23-24,29-31,33,35-37,39,41-42,45,48-50,52,54-87H2,1-5H3/b10-8-,16-14-,21-19-,22-20-,27-25-,28-26-,34-32-,40-38-,44-43-,47-46-,53-51-. The zero-order valence-corrected chi connectivity index (χ0v) is 66.8. The van der Waals surface area contributed by atoms with Crippen LogP contribution in [0.3, 0.4) is 0 Å². The van der Waals surface area contributed by atoms with E-state index in [0.717, 1.165) is 103 Å². The first-order valence-electron chi connectivity index (χ1n) is 41.9. The van der Waals surface area contributed by atoms with Crippen LogP contribution in [0.1, 0.15) is 373 Å². The number of hydrogen-bond acceptors (Lipinski definition) is 8. The highest BCUT2D eigenvalue weighted by Crippen LogP contribution is 2.38. The SMILES string of the molecule is CC/C=C\C/C=C\C/C=C\C/C=C\C/C=C\C/C=C\C/C=C\C/C=C\C/C=C\CCCCCCCCCCCCCCCC(=O)OC(COC(=O)CCCCCCCCCCCCCCCCCCCCCCCCC/C=C\C/C=C\CCCCCCC)COP(=O)([O-])OCC[N+](C)(C)C. The Morgan fingerprint density at radius 1 is 0.320 bits per heavy atom. The van der Waals surface area contributed by atoms with Crippen LogP contribution in [0.25, 0.3) is 0 Å². The predicted molar refractivity (Wildman–Crippen MR) is 434 cm³/mol. The van der Waals surface area contributed by atoms with Gasteiger partial charge in [-0.1, -0.05) is 379 Å². The Bertz CT molecular complexity index is 2160. The maximum atomic E-state index is 12.9. The largest absolute Gasteiger partial charge is 0.756 e. The van der Waals surface area contributed by atoms with Crippen molar-refractivity contribution in [2.24, 2.45) is 0 Å². The van der Waals surface area contributed by atoms with Crippen molar-refractivity contribution in [3.8, 4) is 0 Å². The van der Waals surface area contributed by atoms with E-state index in [4.69, 9.17) is 18.5 Å². The Labute approximate surface area is 619 Å². The molecular formula is C90H158NO8P. The topological polar surface area (TPSA) is 111 Å². The molecule has 0 amide bonds. The summed E-state index contributed by atoms with van der Waals surface area (Å²) >= 11 is 0. The summed E-state index contributed by atoms with van der Waals surface area (Å²) in [5, 5.41) is 0. The van der Waals surface area contributed by atoms with Crippen LogP contribution in [0.5, 0.6) is 0 Å². The molecule has 0 fully saturated rings. The van der Waals surface area contributed by atoms with Gasteiger partial charge < -0.3 is 27.9 Å². The molecule has 0 aliphatic heterocycles. The normalized spacial score (nSPS) is 13.7. The summed E-state index contributed by atoms with van der Waals surface area (Å²) in [6.45, 7) is 4.15. The molecule has 0 saturated heterocycles. The summed E-state index contributed by atoms with van der Waals surface area (Å²) in [4.78, 5) is 38.2. The minimum atomic E-state index is -4.65. The number of phosphoric acid groups is 1. The summed E-state index contributed by atoms with van der Waals surface area (Å²) in [5.74, 6) is -0.824. The van der Waals surface area contributed by atoms with Crippen molar-refractivity contribution < 1.29 is 42.1 Å². The van der Waals surface area contributed by atoms with E-state index in [1.54, 1.807) is 0 Å². The number of unbranched alkanes of at least 4 members (excludes halogenated alkanes) is 41. The van der Waals surface area contributed by atoms with Gasteiger partial charge in [-0.15, -0.1) is 0 Å². The molecule has 0 bridgehead atoms. The zero-order valence-electron chi connectivity index (χ0n) is 65.9. The van der Waals surface area contributed by atoms with Crippen LogP contribution in [0.2, 0.25) is 0 Å². The van der Waals surface area contributed by atoms with E-state index >= 15 is 0 Å². The summed E-state index contributed by atoms with van der Waals surface area (Å²) in [7, 11) is 1.17. The van der Waals surface area contributed by atoms with Gasteiger partial charge in [-0.25, -0.2) is 0 Å². The molecule has 0 N–H and O–H groups in total. The van der Waals surface area contributed by atoms with Crippen LogP contribution in [0, 0.1) is 0 Å². The molecule has 576 valence electrons. The van der Waals surface area contributed by atoms with Gasteiger partial charge in [0, 0.05) is 12.8 Å². The average molecular weight is 1410 g/mol. The molecular weight excluding hydrogens is 1250 g/mol. The lowest BCUT2D eigenvalue weighted by Crippen LogP contribution is -2.37. The molecule has 0 aromatic carbocycles. The summed E-state index contributed by atoms with van der Waals surface area (Å²) in [6, 6.07) is 0. The lowest BCUT2D eigenvalue weighted by Gasteiger charge is -2.28. The predicted octanol–water partition coefficient (Wildman–Crippen LogP) is 27.7. The van der Waals surface area contributed by atoms with Crippen LogP contribution in [0.15, 0.2) is 134 Å². The van der Waals surface area contributed by atoms with Crippen LogP contribution in [-0.4, -0.2) is 70.0 Å². The summed E-state index contributed by atoms with van der Waals surface area (Å²) in [6.07, 6.45) is 116. The number of carbonyl (C=O) groups is 2. The fraction of sp³-hybridized carbons (Fsp3) is 0.733. The van der Waals surface area contributed by atoms with E-state index in [2.05, 4.69) is 148 Å². The number of allylic oxidation sites excluding steroid dienone is 22. The van der Waals surface area contributed by atoms with Gasteiger partial charge in [-0.3, -0.25) is 14.2 Å². The third-order valence-corrected chi connectivity index (χ3v) is 19.1. The van der Waals surface area contributed by atoms with Crippen molar-refractivity contribution >= 4 is 19.8 Å². The van der Waals surface area contributed by atoms with Gasteiger partial charge in [-0.2, -0.15) is 0 Å². The van der Waals surface area contributed by atoms with Crippen molar-refractivity contribution in [1.82, 2.24) is 0 Å². The van der Waals surface area contributed by atoms with Gasteiger partial charge >= 0.3 is 11.9 Å². The molecule has 0 saturated carbocycles. The lowest BCUT2D eigenvalue weighted by molar-refractivity contribution is -0.870. The second-order valence-corrected chi connectivity index (χ2v) is 30.5. The van der Waals surface area contributed by atoms with E-state index in [1.165, 1.54) is 238 Å². The van der Waals surface area contributed by atoms with Crippen LogP contribution >= 0.6 is 7.82 Å². The molecule has 0 spiro atoms. The van der Waals surface area contributed by atoms with E-state index in [1.807, 2.05) is 21.1 Å². The highest BCUT2D eigenvalue weighted by atomic mass is 31.2. The second kappa shape index (κ2) is 79.3. The molecule has 0 aromatic rings. The van der Waals surface area contributed by atoms with Gasteiger partial charge in [0.25, 0.3) is 7.82 Å². The first-order chi connectivity index (χ1) is 49.0. The molecule has 10 heteroatoms. The molecule has 100 heavy (non-hydrogen) atoms. The van der Waals surface area contributed by atoms with Crippen molar-refractivity contribution in [2.75, 3.05) is 47.5 Å². The zero-order chi connectivity index (χ0) is 72.5. The first kappa shape index (κ1) is 96.2. The maximum Gasteiger partial charge on any atom is 0.306 e. The van der Waals surface area contributed by atoms with Crippen LogP contribution in [0.4, 0.5) is 0 Å². The highest BCUT2D eigenvalue weighted by Gasteiger charge is 2.22. The molecule has 0 radical (unpaired) electrons. The molecule has 9 nitrogen and oxygen atoms in total. The molecule has 2 unspecified atom stereocenters. The molecule has 0 rings (SSSR count). The molecule has 2 atom stereocenters. The van der Waals surface area contributed by atoms with Crippen molar-refractivity contribution in [1.29, 1.82) is 0 Å². The van der Waals surface area contributed by atoms with Gasteiger partial charge in [0.1, 0.15) is 19.8 Å². The third-order valence-electron chi connectivity index (χ3n) is 18.2.